The molecule has 1 aromatic rings. The van der Waals surface area contributed by atoms with Crippen molar-refractivity contribution in [3.63, 3.8) is 0 Å². The van der Waals surface area contributed by atoms with Gasteiger partial charge < -0.3 is 9.84 Å². The maximum absolute atomic E-state index is 12.2. The van der Waals surface area contributed by atoms with Crippen LogP contribution in [0, 0.1) is 0 Å². The molecule has 0 aromatic heterocycles. The fourth-order valence-electron chi connectivity index (χ4n) is 1.16. The Hall–Kier alpha value is -1.23. The van der Waals surface area contributed by atoms with E-state index in [1.807, 2.05) is 6.92 Å². The van der Waals surface area contributed by atoms with Gasteiger partial charge in [-0.2, -0.15) is 13.2 Å². The molecule has 5 heteroatoms. The summed E-state index contributed by atoms with van der Waals surface area (Å²) in [6.45, 7) is 2.45. The molecule has 1 atom stereocenters. The van der Waals surface area contributed by atoms with E-state index >= 15 is 0 Å². The summed E-state index contributed by atoms with van der Waals surface area (Å²) < 4.78 is 41.7. The van der Waals surface area contributed by atoms with E-state index in [9.17, 15) is 13.2 Å². The van der Waals surface area contributed by atoms with Crippen LogP contribution in [-0.4, -0.2) is 17.9 Å². The first-order valence-corrected chi connectivity index (χ1v) is 4.92. The van der Waals surface area contributed by atoms with Crippen LogP contribution in [-0.2, 0) is 0 Å². The maximum Gasteiger partial charge on any atom is 0.418 e. The van der Waals surface area contributed by atoms with E-state index in [2.05, 4.69) is 0 Å². The van der Waals surface area contributed by atoms with Gasteiger partial charge >= 0.3 is 6.18 Å². The number of ether oxygens (including phenoxy) is 1. The topological polar surface area (TPSA) is 29.5 Å². The summed E-state index contributed by atoms with van der Waals surface area (Å²) in [7, 11) is 0. The van der Waals surface area contributed by atoms with Crippen molar-refractivity contribution < 1.29 is 23.0 Å². The minimum Gasteiger partial charge on any atom is -0.494 e. The van der Waals surface area contributed by atoms with Crippen LogP contribution in [0.5, 0.6) is 5.75 Å². The number of hydrogen-bond acceptors (Lipinski definition) is 2. The van der Waals surface area contributed by atoms with Gasteiger partial charge in [0, 0.05) is 0 Å². The Kier molecular flexibility index (Phi) is 4.18. The zero-order valence-electron chi connectivity index (χ0n) is 8.79. The summed E-state index contributed by atoms with van der Waals surface area (Å²) in [6.07, 6.45) is -6.24. The third-order valence-electron chi connectivity index (χ3n) is 1.98. The van der Waals surface area contributed by atoms with Gasteiger partial charge in [-0.15, -0.1) is 0 Å². The van der Waals surface area contributed by atoms with Crippen molar-refractivity contribution in [3.05, 3.63) is 29.8 Å². The lowest BCUT2D eigenvalue weighted by molar-refractivity contribution is -0.206. The number of benzene rings is 1. The highest BCUT2D eigenvalue weighted by molar-refractivity contribution is 5.29. The second kappa shape index (κ2) is 5.21. The first-order chi connectivity index (χ1) is 7.45. The zero-order valence-corrected chi connectivity index (χ0v) is 8.79. The average Bonchev–Trinajstić information content (AvgIpc) is 2.25. The van der Waals surface area contributed by atoms with E-state index in [0.717, 1.165) is 6.42 Å². The molecule has 0 heterocycles. The molecule has 16 heavy (non-hydrogen) atoms. The fraction of sp³-hybridized carbons (Fsp3) is 0.455. The van der Waals surface area contributed by atoms with Crippen LogP contribution in [0.25, 0.3) is 0 Å². The van der Waals surface area contributed by atoms with Crippen LogP contribution in [0.4, 0.5) is 13.2 Å². The van der Waals surface area contributed by atoms with Crippen LogP contribution in [0.15, 0.2) is 24.3 Å². The molecule has 90 valence electrons. The summed E-state index contributed by atoms with van der Waals surface area (Å²) in [5, 5.41) is 8.96. The Labute approximate surface area is 91.7 Å². The van der Waals surface area contributed by atoms with E-state index in [-0.39, 0.29) is 5.56 Å². The first kappa shape index (κ1) is 12.8. The third kappa shape index (κ3) is 3.41. The molecule has 0 unspecified atom stereocenters. The molecule has 0 aliphatic heterocycles. The molecule has 1 aromatic carbocycles. The summed E-state index contributed by atoms with van der Waals surface area (Å²) in [5.74, 6) is 0.500. The lowest BCUT2D eigenvalue weighted by atomic mass is 10.1. The largest absolute Gasteiger partial charge is 0.494 e. The van der Waals surface area contributed by atoms with Crippen LogP contribution in [0.3, 0.4) is 0 Å². The summed E-state index contributed by atoms with van der Waals surface area (Å²) in [6, 6.07) is 5.26. The molecule has 0 radical (unpaired) electrons. The SMILES string of the molecule is CCCOc1ccc([C@H](O)C(F)(F)F)cc1. The van der Waals surface area contributed by atoms with Crippen molar-refractivity contribution >= 4 is 0 Å². The summed E-state index contributed by atoms with van der Waals surface area (Å²) in [4.78, 5) is 0. The number of hydrogen-bond donors (Lipinski definition) is 1. The Balaban J connectivity index is 2.71. The lowest BCUT2D eigenvalue weighted by Crippen LogP contribution is -2.20. The van der Waals surface area contributed by atoms with Crippen LogP contribution < -0.4 is 4.74 Å². The fourth-order valence-corrected chi connectivity index (χ4v) is 1.16. The molecule has 0 fully saturated rings. The van der Waals surface area contributed by atoms with Gasteiger partial charge in [-0.05, 0) is 24.1 Å². The molecule has 0 amide bonds. The van der Waals surface area contributed by atoms with Crippen molar-refractivity contribution in [3.8, 4) is 5.75 Å². The van der Waals surface area contributed by atoms with Crippen molar-refractivity contribution in [1.29, 1.82) is 0 Å². The number of halogens is 3. The van der Waals surface area contributed by atoms with Crippen molar-refractivity contribution in [2.24, 2.45) is 0 Å². The standard InChI is InChI=1S/C11H13F3O2/c1-2-7-16-9-5-3-8(4-6-9)10(15)11(12,13)14/h3-6,10,15H,2,7H2,1H3/t10-/m0/s1. The number of alkyl halides is 3. The average molecular weight is 234 g/mol. The van der Waals surface area contributed by atoms with Gasteiger partial charge in [-0.25, -0.2) is 0 Å². The number of aliphatic hydroxyl groups is 1. The first-order valence-electron chi connectivity index (χ1n) is 4.92. The van der Waals surface area contributed by atoms with E-state index in [1.165, 1.54) is 24.3 Å². The van der Waals surface area contributed by atoms with Crippen LogP contribution in [0.2, 0.25) is 0 Å². The van der Waals surface area contributed by atoms with Gasteiger partial charge in [0.1, 0.15) is 5.75 Å². The maximum atomic E-state index is 12.2. The molecule has 1 rings (SSSR count). The minimum atomic E-state index is -4.63. The predicted molar refractivity (Wildman–Crippen MR) is 53.2 cm³/mol. The Morgan fingerprint density at radius 3 is 2.25 bits per heavy atom. The van der Waals surface area contributed by atoms with Gasteiger partial charge in [0.25, 0.3) is 0 Å². The van der Waals surface area contributed by atoms with Gasteiger partial charge in [0.2, 0.25) is 0 Å². The Morgan fingerprint density at radius 2 is 1.81 bits per heavy atom. The molecular formula is C11H13F3O2. The molecule has 2 nitrogen and oxygen atoms in total. The molecule has 0 bridgehead atoms. The summed E-state index contributed by atoms with van der Waals surface area (Å²) >= 11 is 0. The van der Waals surface area contributed by atoms with Crippen LogP contribution in [0.1, 0.15) is 25.0 Å². The van der Waals surface area contributed by atoms with Crippen LogP contribution >= 0.6 is 0 Å². The van der Waals surface area contributed by atoms with Crippen molar-refractivity contribution in [2.75, 3.05) is 6.61 Å². The molecule has 0 spiro atoms. The van der Waals surface area contributed by atoms with Crippen molar-refractivity contribution in [2.45, 2.75) is 25.6 Å². The smallest absolute Gasteiger partial charge is 0.418 e. The Bertz CT molecular complexity index is 319. The van der Waals surface area contributed by atoms with Gasteiger partial charge in [0.05, 0.1) is 6.61 Å². The normalized spacial score (nSPS) is 13.6. The molecule has 0 aliphatic rings. The Morgan fingerprint density at radius 1 is 1.25 bits per heavy atom. The van der Waals surface area contributed by atoms with Gasteiger partial charge in [-0.3, -0.25) is 0 Å². The molecule has 0 aliphatic carbocycles. The predicted octanol–water partition coefficient (Wildman–Crippen LogP) is 3.07. The highest BCUT2D eigenvalue weighted by atomic mass is 19.4. The van der Waals surface area contributed by atoms with Gasteiger partial charge in [0.15, 0.2) is 6.10 Å². The molecule has 0 saturated heterocycles. The monoisotopic (exact) mass is 234 g/mol. The molecular weight excluding hydrogens is 221 g/mol. The number of aliphatic hydroxyl groups excluding tert-OH is 1. The summed E-state index contributed by atoms with van der Waals surface area (Å²) in [5.41, 5.74) is -0.184. The van der Waals surface area contributed by atoms with E-state index in [4.69, 9.17) is 9.84 Å². The lowest BCUT2D eigenvalue weighted by Gasteiger charge is -2.15. The quantitative estimate of drug-likeness (QED) is 0.867. The second-order valence-corrected chi connectivity index (χ2v) is 3.36. The van der Waals surface area contributed by atoms with E-state index in [0.29, 0.717) is 12.4 Å². The number of rotatable bonds is 4. The highest BCUT2D eigenvalue weighted by Gasteiger charge is 2.39. The minimum absolute atomic E-state index is 0.184. The van der Waals surface area contributed by atoms with Crippen molar-refractivity contribution in [1.82, 2.24) is 0 Å². The van der Waals surface area contributed by atoms with E-state index < -0.39 is 12.3 Å². The third-order valence-corrected chi connectivity index (χ3v) is 1.98. The zero-order chi connectivity index (χ0) is 12.2. The molecule has 1 N–H and O–H groups in total. The molecule has 0 saturated carbocycles. The highest BCUT2D eigenvalue weighted by Crippen LogP contribution is 2.32. The van der Waals surface area contributed by atoms with E-state index in [1.54, 1.807) is 0 Å². The van der Waals surface area contributed by atoms with Gasteiger partial charge in [-0.1, -0.05) is 19.1 Å². The second-order valence-electron chi connectivity index (χ2n) is 3.36.